The molecule has 1 aliphatic carbocycles. The minimum atomic E-state index is -3.02. The van der Waals surface area contributed by atoms with Crippen LogP contribution in [0.4, 0.5) is 0 Å². The molecule has 16 heavy (non-hydrogen) atoms. The van der Waals surface area contributed by atoms with E-state index in [2.05, 4.69) is 10.0 Å². The largest absolute Gasteiger partial charge is 0.316 e. The van der Waals surface area contributed by atoms with Crippen LogP contribution in [0.2, 0.25) is 0 Å². The molecule has 2 N–H and O–H groups in total. The van der Waals surface area contributed by atoms with Gasteiger partial charge in [0.1, 0.15) is 0 Å². The number of hydrogen-bond acceptors (Lipinski definition) is 3. The molecule has 0 bridgehead atoms. The first-order valence-corrected chi connectivity index (χ1v) is 7.92. The van der Waals surface area contributed by atoms with Gasteiger partial charge in [-0.05, 0) is 44.7 Å². The monoisotopic (exact) mass is 246 g/mol. The van der Waals surface area contributed by atoms with E-state index in [-0.39, 0.29) is 5.25 Å². The summed E-state index contributed by atoms with van der Waals surface area (Å²) in [7, 11) is -3.02. The Balaban J connectivity index is 1.71. The Kier molecular flexibility index (Phi) is 4.21. The van der Waals surface area contributed by atoms with Gasteiger partial charge in [-0.1, -0.05) is 12.8 Å². The molecule has 1 unspecified atom stereocenters. The van der Waals surface area contributed by atoms with E-state index in [1.54, 1.807) is 0 Å². The molecule has 1 atom stereocenters. The highest BCUT2D eigenvalue weighted by Gasteiger charge is 2.28. The van der Waals surface area contributed by atoms with E-state index in [4.69, 9.17) is 0 Å². The maximum absolute atomic E-state index is 11.9. The van der Waals surface area contributed by atoms with Crippen molar-refractivity contribution in [2.75, 3.05) is 19.6 Å². The highest BCUT2D eigenvalue weighted by molar-refractivity contribution is 7.90. The van der Waals surface area contributed by atoms with Gasteiger partial charge in [-0.3, -0.25) is 0 Å². The molecule has 0 amide bonds. The molecule has 1 saturated carbocycles. The molecule has 0 aromatic rings. The van der Waals surface area contributed by atoms with Crippen LogP contribution in [0.25, 0.3) is 0 Å². The van der Waals surface area contributed by atoms with Crippen LogP contribution in [-0.4, -0.2) is 33.3 Å². The normalized spacial score (nSPS) is 27.6. The van der Waals surface area contributed by atoms with Gasteiger partial charge in [0, 0.05) is 6.54 Å². The minimum Gasteiger partial charge on any atom is -0.316 e. The smallest absolute Gasteiger partial charge is 0.214 e. The van der Waals surface area contributed by atoms with Crippen LogP contribution >= 0.6 is 0 Å². The molecule has 1 aliphatic heterocycles. The van der Waals surface area contributed by atoms with Crippen LogP contribution in [0.1, 0.15) is 38.5 Å². The Morgan fingerprint density at radius 2 is 1.94 bits per heavy atom. The zero-order valence-electron chi connectivity index (χ0n) is 9.74. The van der Waals surface area contributed by atoms with Gasteiger partial charge in [0.15, 0.2) is 0 Å². The van der Waals surface area contributed by atoms with Gasteiger partial charge < -0.3 is 5.32 Å². The molecular formula is C11H22N2O2S. The summed E-state index contributed by atoms with van der Waals surface area (Å²) in [6, 6.07) is 0. The highest BCUT2D eigenvalue weighted by Crippen LogP contribution is 2.24. The van der Waals surface area contributed by atoms with Crippen molar-refractivity contribution in [3.63, 3.8) is 0 Å². The predicted molar refractivity (Wildman–Crippen MR) is 64.8 cm³/mol. The number of sulfonamides is 1. The summed E-state index contributed by atoms with van der Waals surface area (Å²) < 4.78 is 26.5. The Bertz CT molecular complexity index is 304. The first kappa shape index (κ1) is 12.3. The van der Waals surface area contributed by atoms with Crippen molar-refractivity contribution >= 4 is 10.0 Å². The standard InChI is InChI=1S/C11H22N2O2S/c14-16(15,11-3-1-2-4-11)13-8-6-10-5-7-12-9-10/h10-13H,1-9H2. The number of nitrogens with one attached hydrogen (secondary N) is 2. The fraction of sp³-hybridized carbons (Fsp3) is 1.00. The molecule has 0 radical (unpaired) electrons. The second kappa shape index (κ2) is 5.47. The highest BCUT2D eigenvalue weighted by atomic mass is 32.2. The lowest BCUT2D eigenvalue weighted by Crippen LogP contribution is -2.34. The summed E-state index contributed by atoms with van der Waals surface area (Å²) in [5.74, 6) is 0.659. The average molecular weight is 246 g/mol. The second-order valence-electron chi connectivity index (χ2n) is 4.99. The molecular weight excluding hydrogens is 224 g/mol. The first-order valence-electron chi connectivity index (χ1n) is 6.38. The molecule has 2 fully saturated rings. The van der Waals surface area contributed by atoms with Crippen LogP contribution in [0.3, 0.4) is 0 Å². The molecule has 0 aromatic carbocycles. The van der Waals surface area contributed by atoms with Gasteiger partial charge >= 0.3 is 0 Å². The van der Waals surface area contributed by atoms with Gasteiger partial charge in [0.05, 0.1) is 5.25 Å². The molecule has 5 heteroatoms. The first-order chi connectivity index (χ1) is 7.68. The van der Waals surface area contributed by atoms with E-state index in [0.29, 0.717) is 12.5 Å². The lowest BCUT2D eigenvalue weighted by atomic mass is 10.1. The molecule has 0 spiro atoms. The second-order valence-corrected chi connectivity index (χ2v) is 7.04. The summed E-state index contributed by atoms with van der Waals surface area (Å²) in [6.45, 7) is 2.75. The van der Waals surface area contributed by atoms with E-state index < -0.39 is 10.0 Å². The van der Waals surface area contributed by atoms with Crippen molar-refractivity contribution in [1.29, 1.82) is 0 Å². The number of rotatable bonds is 5. The van der Waals surface area contributed by atoms with Gasteiger partial charge in [0.2, 0.25) is 10.0 Å². The van der Waals surface area contributed by atoms with E-state index in [0.717, 1.165) is 45.2 Å². The van der Waals surface area contributed by atoms with Crippen molar-refractivity contribution < 1.29 is 8.42 Å². The van der Waals surface area contributed by atoms with E-state index in [1.807, 2.05) is 0 Å². The molecule has 2 rings (SSSR count). The fourth-order valence-corrected chi connectivity index (χ4v) is 4.27. The molecule has 1 saturated heterocycles. The lowest BCUT2D eigenvalue weighted by Gasteiger charge is -2.13. The fourth-order valence-electron chi connectivity index (χ4n) is 2.68. The summed E-state index contributed by atoms with van der Waals surface area (Å²) in [5.41, 5.74) is 0. The minimum absolute atomic E-state index is 0.116. The molecule has 1 heterocycles. The third-order valence-electron chi connectivity index (χ3n) is 3.76. The lowest BCUT2D eigenvalue weighted by molar-refractivity contribution is 0.514. The van der Waals surface area contributed by atoms with E-state index in [1.165, 1.54) is 6.42 Å². The van der Waals surface area contributed by atoms with Crippen LogP contribution < -0.4 is 10.0 Å². The Morgan fingerprint density at radius 1 is 1.19 bits per heavy atom. The Hall–Kier alpha value is -0.130. The Labute approximate surface area is 98.2 Å². The van der Waals surface area contributed by atoms with Gasteiger partial charge in [-0.2, -0.15) is 0 Å². The third-order valence-corrected chi connectivity index (χ3v) is 5.71. The summed E-state index contributed by atoms with van der Waals surface area (Å²) in [4.78, 5) is 0. The summed E-state index contributed by atoms with van der Waals surface area (Å²) >= 11 is 0. The topological polar surface area (TPSA) is 58.2 Å². The van der Waals surface area contributed by atoms with Gasteiger partial charge in [0.25, 0.3) is 0 Å². The van der Waals surface area contributed by atoms with Gasteiger partial charge in [-0.25, -0.2) is 13.1 Å². The summed E-state index contributed by atoms with van der Waals surface area (Å²) in [6.07, 6.45) is 5.99. The van der Waals surface area contributed by atoms with Crippen LogP contribution in [-0.2, 0) is 10.0 Å². The number of hydrogen-bond donors (Lipinski definition) is 2. The average Bonchev–Trinajstić information content (AvgIpc) is 2.90. The van der Waals surface area contributed by atoms with Crippen LogP contribution in [0, 0.1) is 5.92 Å². The van der Waals surface area contributed by atoms with Crippen molar-refractivity contribution in [3.8, 4) is 0 Å². The van der Waals surface area contributed by atoms with Crippen molar-refractivity contribution in [1.82, 2.24) is 10.0 Å². The molecule has 94 valence electrons. The maximum atomic E-state index is 11.9. The van der Waals surface area contributed by atoms with Crippen molar-refractivity contribution in [3.05, 3.63) is 0 Å². The molecule has 4 nitrogen and oxygen atoms in total. The maximum Gasteiger partial charge on any atom is 0.214 e. The van der Waals surface area contributed by atoms with Crippen LogP contribution in [0.15, 0.2) is 0 Å². The third kappa shape index (κ3) is 3.18. The van der Waals surface area contributed by atoms with Crippen molar-refractivity contribution in [2.24, 2.45) is 5.92 Å². The SMILES string of the molecule is O=S(=O)(NCCC1CCNC1)C1CCCC1. The van der Waals surface area contributed by atoms with Gasteiger partial charge in [-0.15, -0.1) is 0 Å². The molecule has 2 aliphatic rings. The molecule has 0 aromatic heterocycles. The predicted octanol–water partition coefficient (Wildman–Crippen LogP) is 0.848. The Morgan fingerprint density at radius 3 is 2.56 bits per heavy atom. The quantitative estimate of drug-likeness (QED) is 0.756. The summed E-state index contributed by atoms with van der Waals surface area (Å²) in [5, 5.41) is 3.18. The van der Waals surface area contributed by atoms with E-state index >= 15 is 0 Å². The zero-order valence-corrected chi connectivity index (χ0v) is 10.6. The van der Waals surface area contributed by atoms with E-state index in [9.17, 15) is 8.42 Å². The van der Waals surface area contributed by atoms with Crippen molar-refractivity contribution in [2.45, 2.75) is 43.8 Å². The van der Waals surface area contributed by atoms with Crippen LogP contribution in [0.5, 0.6) is 0 Å². The zero-order chi connectivity index (χ0) is 11.4.